The largest absolute Gasteiger partial charge is 0.378 e. The molecule has 0 spiro atoms. The summed E-state index contributed by atoms with van der Waals surface area (Å²) in [6.45, 7) is 2.50. The number of hydrogen-bond acceptors (Lipinski definition) is 4. The molecule has 0 aliphatic heterocycles. The number of nitrogens with zero attached hydrogens (tertiary/aromatic N) is 2. The summed E-state index contributed by atoms with van der Waals surface area (Å²) in [6, 6.07) is 8.15. The third-order valence-electron chi connectivity index (χ3n) is 2.75. The highest BCUT2D eigenvalue weighted by Gasteiger charge is 2.12. The van der Waals surface area contributed by atoms with Crippen LogP contribution < -0.4 is 5.32 Å². The van der Waals surface area contributed by atoms with E-state index in [1.807, 2.05) is 19.2 Å². The van der Waals surface area contributed by atoms with E-state index in [1.54, 1.807) is 7.11 Å². The smallest absolute Gasteiger partial charge is 0.161 e. The molecular formula is C14H16BrN3O. The summed E-state index contributed by atoms with van der Waals surface area (Å²) in [5, 5.41) is 3.06. The molecule has 0 aliphatic rings. The van der Waals surface area contributed by atoms with Gasteiger partial charge in [0, 0.05) is 19.7 Å². The quantitative estimate of drug-likeness (QED) is 0.937. The van der Waals surface area contributed by atoms with Crippen molar-refractivity contribution in [1.82, 2.24) is 9.97 Å². The molecule has 0 radical (unpaired) electrons. The van der Waals surface area contributed by atoms with Gasteiger partial charge < -0.3 is 10.1 Å². The zero-order valence-corrected chi connectivity index (χ0v) is 12.8. The molecule has 0 bridgehead atoms. The minimum atomic E-state index is 0.441. The zero-order valence-electron chi connectivity index (χ0n) is 11.2. The van der Waals surface area contributed by atoms with E-state index in [4.69, 9.17) is 4.74 Å². The minimum Gasteiger partial charge on any atom is -0.378 e. The lowest BCUT2D eigenvalue weighted by atomic mass is 10.1. The Balaban J connectivity index is 2.51. The molecule has 1 aromatic carbocycles. The van der Waals surface area contributed by atoms with Gasteiger partial charge >= 0.3 is 0 Å². The number of methoxy groups -OCH3 is 1. The van der Waals surface area contributed by atoms with Crippen LogP contribution in [0.3, 0.4) is 0 Å². The Labute approximate surface area is 121 Å². The van der Waals surface area contributed by atoms with Crippen LogP contribution in [0.25, 0.3) is 11.4 Å². The summed E-state index contributed by atoms with van der Waals surface area (Å²) in [4.78, 5) is 9.06. The molecule has 0 saturated carbocycles. The van der Waals surface area contributed by atoms with Gasteiger partial charge in [0.15, 0.2) is 5.82 Å². The second-order valence-electron chi connectivity index (χ2n) is 4.21. The van der Waals surface area contributed by atoms with Crippen LogP contribution in [0.15, 0.2) is 28.7 Å². The molecule has 1 N–H and O–H groups in total. The minimum absolute atomic E-state index is 0.441. The predicted molar refractivity (Wildman–Crippen MR) is 80.2 cm³/mol. The molecule has 0 amide bonds. The van der Waals surface area contributed by atoms with Crippen molar-refractivity contribution in [1.29, 1.82) is 0 Å². The van der Waals surface area contributed by atoms with Crippen LogP contribution in [0.5, 0.6) is 0 Å². The van der Waals surface area contributed by atoms with Crippen molar-refractivity contribution >= 4 is 21.7 Å². The molecule has 0 aliphatic carbocycles. The van der Waals surface area contributed by atoms with Gasteiger partial charge in [0.25, 0.3) is 0 Å². The maximum Gasteiger partial charge on any atom is 0.161 e. The van der Waals surface area contributed by atoms with Gasteiger partial charge in [-0.25, -0.2) is 9.97 Å². The van der Waals surface area contributed by atoms with Gasteiger partial charge in [-0.05, 0) is 22.9 Å². The average Bonchev–Trinajstić information content (AvgIpc) is 2.42. The van der Waals surface area contributed by atoms with Crippen molar-refractivity contribution in [2.45, 2.75) is 13.5 Å². The lowest BCUT2D eigenvalue weighted by Crippen LogP contribution is -2.04. The van der Waals surface area contributed by atoms with Crippen LogP contribution in [0.1, 0.15) is 11.3 Å². The molecule has 0 saturated heterocycles. The maximum absolute atomic E-state index is 5.17. The molecule has 4 nitrogen and oxygen atoms in total. The summed E-state index contributed by atoms with van der Waals surface area (Å²) in [5.41, 5.74) is 3.04. The first-order chi connectivity index (χ1) is 9.15. The van der Waals surface area contributed by atoms with E-state index in [0.717, 1.165) is 21.5 Å². The van der Waals surface area contributed by atoms with E-state index in [1.165, 1.54) is 5.56 Å². The lowest BCUT2D eigenvalue weighted by molar-refractivity contribution is 0.181. The van der Waals surface area contributed by atoms with Crippen molar-refractivity contribution in [2.75, 3.05) is 19.5 Å². The number of rotatable bonds is 4. The first kappa shape index (κ1) is 14.0. The van der Waals surface area contributed by atoms with Crippen LogP contribution in [0, 0.1) is 6.92 Å². The first-order valence-corrected chi connectivity index (χ1v) is 6.75. The van der Waals surface area contributed by atoms with Crippen molar-refractivity contribution < 1.29 is 4.74 Å². The number of hydrogen-bond donors (Lipinski definition) is 1. The van der Waals surface area contributed by atoms with E-state index in [2.05, 4.69) is 50.3 Å². The number of halogens is 1. The maximum atomic E-state index is 5.17. The molecule has 19 heavy (non-hydrogen) atoms. The molecule has 5 heteroatoms. The molecule has 2 aromatic rings. The van der Waals surface area contributed by atoms with Crippen LogP contribution >= 0.6 is 15.9 Å². The molecule has 100 valence electrons. The predicted octanol–water partition coefficient (Wildman–Crippen LogP) is 3.40. The van der Waals surface area contributed by atoms with E-state index >= 15 is 0 Å². The number of aryl methyl sites for hydroxylation is 1. The van der Waals surface area contributed by atoms with E-state index in [9.17, 15) is 0 Å². The van der Waals surface area contributed by atoms with E-state index in [0.29, 0.717) is 12.4 Å². The van der Waals surface area contributed by atoms with Gasteiger partial charge in [0.05, 0.1) is 16.8 Å². The van der Waals surface area contributed by atoms with Gasteiger partial charge in [0.2, 0.25) is 0 Å². The fraction of sp³-hybridized carbons (Fsp3) is 0.286. The Morgan fingerprint density at radius 1 is 1.21 bits per heavy atom. The average molecular weight is 322 g/mol. The van der Waals surface area contributed by atoms with Gasteiger partial charge in [-0.3, -0.25) is 0 Å². The summed E-state index contributed by atoms with van der Waals surface area (Å²) in [6.07, 6.45) is 0. The Hall–Kier alpha value is -1.46. The van der Waals surface area contributed by atoms with Gasteiger partial charge in [0.1, 0.15) is 5.82 Å². The summed E-state index contributed by atoms with van der Waals surface area (Å²) >= 11 is 3.49. The van der Waals surface area contributed by atoms with Crippen molar-refractivity contribution in [2.24, 2.45) is 0 Å². The number of benzene rings is 1. The normalized spacial score (nSPS) is 10.5. The van der Waals surface area contributed by atoms with E-state index in [-0.39, 0.29) is 0 Å². The SMILES string of the molecule is CNc1nc(-c2ccc(C)cc2)nc(COC)c1Br. The summed E-state index contributed by atoms with van der Waals surface area (Å²) in [7, 11) is 3.49. The number of ether oxygens (including phenoxy) is 1. The number of aromatic nitrogens is 2. The number of anilines is 1. The Morgan fingerprint density at radius 2 is 1.89 bits per heavy atom. The first-order valence-electron chi connectivity index (χ1n) is 5.96. The molecule has 0 atom stereocenters. The van der Waals surface area contributed by atoms with Crippen molar-refractivity contribution in [3.05, 3.63) is 40.0 Å². The summed E-state index contributed by atoms with van der Waals surface area (Å²) in [5.74, 6) is 1.46. The van der Waals surface area contributed by atoms with E-state index < -0.39 is 0 Å². The third-order valence-corrected chi connectivity index (χ3v) is 3.58. The highest BCUT2D eigenvalue weighted by molar-refractivity contribution is 9.10. The molecule has 0 unspecified atom stereocenters. The third kappa shape index (κ3) is 3.11. The zero-order chi connectivity index (χ0) is 13.8. The van der Waals surface area contributed by atoms with Gasteiger partial charge in [-0.1, -0.05) is 29.8 Å². The highest BCUT2D eigenvalue weighted by atomic mass is 79.9. The molecular weight excluding hydrogens is 306 g/mol. The molecule has 0 fully saturated rings. The van der Waals surface area contributed by atoms with Gasteiger partial charge in [-0.2, -0.15) is 0 Å². The molecule has 1 heterocycles. The van der Waals surface area contributed by atoms with Crippen LogP contribution in [-0.2, 0) is 11.3 Å². The molecule has 2 rings (SSSR count). The van der Waals surface area contributed by atoms with Gasteiger partial charge in [-0.15, -0.1) is 0 Å². The fourth-order valence-corrected chi connectivity index (χ4v) is 2.21. The Morgan fingerprint density at radius 3 is 2.47 bits per heavy atom. The van der Waals surface area contributed by atoms with Crippen LogP contribution in [-0.4, -0.2) is 24.1 Å². The van der Waals surface area contributed by atoms with Crippen molar-refractivity contribution in [3.8, 4) is 11.4 Å². The monoisotopic (exact) mass is 321 g/mol. The van der Waals surface area contributed by atoms with Crippen LogP contribution in [0.4, 0.5) is 5.82 Å². The standard InChI is InChI=1S/C14H16BrN3O/c1-9-4-6-10(7-5-9)13-17-11(8-19-3)12(15)14(16-2)18-13/h4-7H,8H2,1-3H3,(H,16,17,18). The Bertz CT molecular complexity index is 570. The second kappa shape index (κ2) is 6.12. The topological polar surface area (TPSA) is 47.0 Å². The van der Waals surface area contributed by atoms with Crippen LogP contribution in [0.2, 0.25) is 0 Å². The number of nitrogens with one attached hydrogen (secondary N) is 1. The second-order valence-corrected chi connectivity index (χ2v) is 5.00. The summed E-state index contributed by atoms with van der Waals surface area (Å²) < 4.78 is 6.01. The highest BCUT2D eigenvalue weighted by Crippen LogP contribution is 2.27. The lowest BCUT2D eigenvalue weighted by Gasteiger charge is -2.10. The molecule has 1 aromatic heterocycles. The van der Waals surface area contributed by atoms with Crippen molar-refractivity contribution in [3.63, 3.8) is 0 Å². The fourth-order valence-electron chi connectivity index (χ4n) is 1.72. The Kier molecular flexibility index (Phi) is 4.50.